The summed E-state index contributed by atoms with van der Waals surface area (Å²) in [4.78, 5) is 15.9. The molecule has 0 saturated carbocycles. The number of thiazole rings is 1. The minimum absolute atomic E-state index is 0. The van der Waals surface area contributed by atoms with E-state index in [2.05, 4.69) is 4.98 Å². The summed E-state index contributed by atoms with van der Waals surface area (Å²) in [6, 6.07) is 9.30. The van der Waals surface area contributed by atoms with E-state index in [-0.39, 0.29) is 37.7 Å². The van der Waals surface area contributed by atoms with Crippen LogP contribution >= 0.6 is 11.3 Å². The number of carboxylic acid groups (broad SMARTS) is 1. The summed E-state index contributed by atoms with van der Waals surface area (Å²) in [6.45, 7) is 3.44. The van der Waals surface area contributed by atoms with Gasteiger partial charge in [-0.15, -0.1) is 0 Å². The van der Waals surface area contributed by atoms with Crippen LogP contribution < -0.4 is 4.74 Å². The molecule has 19 heavy (non-hydrogen) atoms. The molecule has 1 heterocycles. The number of para-hydroxylation sites is 1. The van der Waals surface area contributed by atoms with Gasteiger partial charge < -0.3 is 9.84 Å². The van der Waals surface area contributed by atoms with Crippen molar-refractivity contribution in [1.82, 2.24) is 4.98 Å². The second-order valence-electron chi connectivity index (χ2n) is 3.90. The molecule has 0 aliphatic rings. The zero-order valence-corrected chi connectivity index (χ0v) is 10.9. The molecule has 0 amide bonds. The molecule has 1 atom stereocenters. The van der Waals surface area contributed by atoms with Gasteiger partial charge in [0.15, 0.2) is 0 Å². The van der Waals surface area contributed by atoms with Gasteiger partial charge in [0.1, 0.15) is 5.75 Å². The molecule has 0 saturated heterocycles. The Morgan fingerprint density at radius 1 is 1.37 bits per heavy atom. The van der Waals surface area contributed by atoms with Crippen molar-refractivity contribution in [3.8, 4) is 10.9 Å². The minimum atomic E-state index is -0.854. The van der Waals surface area contributed by atoms with E-state index in [1.54, 1.807) is 13.8 Å². The summed E-state index contributed by atoms with van der Waals surface area (Å²) in [5, 5.41) is 9.47. The molecule has 2 rings (SSSR count). The Morgan fingerprint density at radius 3 is 2.58 bits per heavy atom. The predicted molar refractivity (Wildman–Crippen MR) is 78.0 cm³/mol. The van der Waals surface area contributed by atoms with E-state index >= 15 is 0 Å². The first kappa shape index (κ1) is 16.4. The van der Waals surface area contributed by atoms with Crippen molar-refractivity contribution in [2.75, 3.05) is 0 Å². The summed E-state index contributed by atoms with van der Waals surface area (Å²) < 4.78 is 5.58. The predicted octanol–water partition coefficient (Wildman–Crippen LogP) is 2.52. The molecule has 6 heteroatoms. The van der Waals surface area contributed by atoms with Crippen LogP contribution in [0.5, 0.6) is 10.9 Å². The molecule has 4 nitrogen and oxygen atoms in total. The fraction of sp³-hybridized carbons (Fsp3) is 0.231. The molecule has 0 aliphatic heterocycles. The van der Waals surface area contributed by atoms with E-state index in [4.69, 9.17) is 9.84 Å². The molecular formula is C13H15CaNO3S. The van der Waals surface area contributed by atoms with E-state index in [9.17, 15) is 4.79 Å². The van der Waals surface area contributed by atoms with E-state index in [1.165, 1.54) is 11.3 Å². The van der Waals surface area contributed by atoms with Gasteiger partial charge in [0.25, 0.3) is 5.19 Å². The number of ether oxygens (including phenoxy) is 1. The van der Waals surface area contributed by atoms with Crippen LogP contribution in [0, 0.1) is 6.92 Å². The van der Waals surface area contributed by atoms with Gasteiger partial charge in [0.05, 0.1) is 11.6 Å². The summed E-state index contributed by atoms with van der Waals surface area (Å²) in [5.74, 6) is -0.718. The van der Waals surface area contributed by atoms with Gasteiger partial charge in [-0.2, -0.15) is 0 Å². The summed E-state index contributed by atoms with van der Waals surface area (Å²) in [5.41, 5.74) is 0.709. The van der Waals surface area contributed by atoms with Crippen molar-refractivity contribution in [1.29, 1.82) is 0 Å². The molecule has 1 aromatic heterocycles. The fourth-order valence-corrected chi connectivity index (χ4v) is 2.51. The second-order valence-corrected chi connectivity index (χ2v) is 4.90. The van der Waals surface area contributed by atoms with Crippen LogP contribution in [0.1, 0.15) is 23.4 Å². The van der Waals surface area contributed by atoms with Crippen molar-refractivity contribution in [2.24, 2.45) is 0 Å². The molecule has 1 aromatic carbocycles. The van der Waals surface area contributed by atoms with Crippen molar-refractivity contribution >= 4 is 55.0 Å². The number of nitrogens with zero attached hydrogens (tertiary/aromatic N) is 1. The van der Waals surface area contributed by atoms with Crippen LogP contribution in [0.2, 0.25) is 0 Å². The number of hydrogen-bond donors (Lipinski definition) is 1. The second kappa shape index (κ2) is 7.24. The molecule has 2 aromatic rings. The first-order valence-corrected chi connectivity index (χ1v) is 6.32. The van der Waals surface area contributed by atoms with Crippen LogP contribution in [0.3, 0.4) is 0 Å². The third-order valence-corrected chi connectivity index (χ3v) is 3.74. The van der Waals surface area contributed by atoms with Gasteiger partial charge in [0, 0.05) is 4.88 Å². The van der Waals surface area contributed by atoms with Gasteiger partial charge >= 0.3 is 43.7 Å². The van der Waals surface area contributed by atoms with Crippen LogP contribution in [0.15, 0.2) is 30.3 Å². The number of benzene rings is 1. The van der Waals surface area contributed by atoms with Gasteiger partial charge in [-0.3, -0.25) is 4.79 Å². The van der Waals surface area contributed by atoms with Gasteiger partial charge in [-0.1, -0.05) is 29.5 Å². The maximum absolute atomic E-state index is 11.0. The topological polar surface area (TPSA) is 59.4 Å². The first-order valence-electron chi connectivity index (χ1n) is 5.51. The summed E-state index contributed by atoms with van der Waals surface area (Å²) >= 11 is 1.28. The molecule has 0 aliphatic carbocycles. The Hall–Kier alpha value is -0.620. The maximum atomic E-state index is 11.0. The van der Waals surface area contributed by atoms with E-state index in [1.807, 2.05) is 30.3 Å². The standard InChI is InChI=1S/C13H13NO3S.Ca.2H/c1-8(12(15)16)11-9(2)14-13(18-11)17-10-6-4-3-5-7-10;;;/h3-8H,1-2H3,(H,15,16);;;. The Balaban J connectivity index is 0.00000180. The average Bonchev–Trinajstić information content (AvgIpc) is 2.70. The monoisotopic (exact) mass is 305 g/mol. The van der Waals surface area contributed by atoms with E-state index < -0.39 is 11.9 Å². The Bertz CT molecular complexity index is 556. The molecule has 1 N–H and O–H groups in total. The van der Waals surface area contributed by atoms with Gasteiger partial charge in [-0.25, -0.2) is 4.98 Å². The van der Waals surface area contributed by atoms with E-state index in [0.29, 0.717) is 16.6 Å². The van der Waals surface area contributed by atoms with E-state index in [0.717, 1.165) is 4.88 Å². The first-order chi connectivity index (χ1) is 8.58. The summed E-state index contributed by atoms with van der Waals surface area (Å²) in [7, 11) is 0. The SMILES string of the molecule is Cc1nc(Oc2ccccc2)sc1C(C)C(=O)O.[CaH2]. The zero-order chi connectivity index (χ0) is 13.1. The van der Waals surface area contributed by atoms with Crippen molar-refractivity contribution in [3.05, 3.63) is 40.9 Å². The van der Waals surface area contributed by atoms with Gasteiger partial charge in [-0.05, 0) is 26.0 Å². The number of aliphatic carboxylic acids is 1. The molecule has 98 valence electrons. The van der Waals surface area contributed by atoms with Crippen molar-refractivity contribution in [2.45, 2.75) is 19.8 Å². The molecule has 0 fully saturated rings. The number of carboxylic acids is 1. The van der Waals surface area contributed by atoms with Crippen molar-refractivity contribution in [3.63, 3.8) is 0 Å². The number of hydrogen-bond acceptors (Lipinski definition) is 4. The molecule has 0 bridgehead atoms. The number of rotatable bonds is 4. The number of aromatic nitrogens is 1. The third kappa shape index (κ3) is 4.17. The van der Waals surface area contributed by atoms with Crippen LogP contribution in [-0.2, 0) is 4.79 Å². The number of carbonyl (C=O) groups is 1. The Labute approximate surface area is 145 Å². The van der Waals surface area contributed by atoms with Crippen LogP contribution in [0.25, 0.3) is 0 Å². The molecule has 1 unspecified atom stereocenters. The number of aryl methyl sites for hydroxylation is 1. The molecular weight excluding hydrogens is 290 g/mol. The fourth-order valence-electron chi connectivity index (χ4n) is 1.53. The normalized spacial score (nSPS) is 11.5. The average molecular weight is 305 g/mol. The third-order valence-electron chi connectivity index (χ3n) is 2.52. The van der Waals surface area contributed by atoms with Crippen molar-refractivity contribution < 1.29 is 14.6 Å². The summed E-state index contributed by atoms with van der Waals surface area (Å²) in [6.07, 6.45) is 0. The zero-order valence-electron chi connectivity index (χ0n) is 10.1. The van der Waals surface area contributed by atoms with Crippen LogP contribution in [-0.4, -0.2) is 53.8 Å². The quantitative estimate of drug-likeness (QED) is 0.882. The molecule has 0 radical (unpaired) electrons. The van der Waals surface area contributed by atoms with Gasteiger partial charge in [0.2, 0.25) is 0 Å². The molecule has 0 spiro atoms. The Kier molecular flexibility index (Phi) is 6.26. The van der Waals surface area contributed by atoms with Crippen LogP contribution in [0.4, 0.5) is 0 Å². The Morgan fingerprint density at radius 2 is 2.00 bits per heavy atom.